The molecule has 0 saturated carbocycles. The van der Waals surface area contributed by atoms with Crippen LogP contribution in [0.2, 0.25) is 0 Å². The van der Waals surface area contributed by atoms with Gasteiger partial charge in [-0.1, -0.05) is 12.1 Å². The lowest BCUT2D eigenvalue weighted by Gasteiger charge is -2.15. The molecule has 0 aliphatic rings. The maximum absolute atomic E-state index is 13.5. The minimum atomic E-state index is -0.697. The molecule has 2 rings (SSSR count). The summed E-state index contributed by atoms with van der Waals surface area (Å²) in [5.41, 5.74) is 6.02. The third-order valence-electron chi connectivity index (χ3n) is 3.75. The molecule has 3 amide bonds. The molecule has 0 bridgehead atoms. The number of carbonyl (C=O) groups is 2. The number of carbonyl (C=O) groups excluding carboxylic acids is 2. The third kappa shape index (κ3) is 5.80. The molecule has 0 aliphatic carbocycles. The highest BCUT2D eigenvalue weighted by atomic mass is 19.1. The molecule has 1 atom stereocenters. The van der Waals surface area contributed by atoms with Gasteiger partial charge in [-0.2, -0.15) is 0 Å². The first-order chi connectivity index (χ1) is 12.3. The fourth-order valence-corrected chi connectivity index (χ4v) is 2.31. The van der Waals surface area contributed by atoms with E-state index in [9.17, 15) is 22.8 Å². The van der Waals surface area contributed by atoms with Crippen molar-refractivity contribution in [3.63, 3.8) is 0 Å². The number of benzene rings is 2. The molecule has 0 aliphatic heterocycles. The van der Waals surface area contributed by atoms with E-state index in [1.807, 2.05) is 0 Å². The zero-order valence-corrected chi connectivity index (χ0v) is 13.8. The van der Waals surface area contributed by atoms with Crippen molar-refractivity contribution >= 4 is 11.9 Å². The van der Waals surface area contributed by atoms with Crippen molar-refractivity contribution in [1.29, 1.82) is 0 Å². The lowest BCUT2D eigenvalue weighted by molar-refractivity contribution is -0.121. The summed E-state index contributed by atoms with van der Waals surface area (Å²) in [4.78, 5) is 23.3. The average Bonchev–Trinajstić information content (AvgIpc) is 2.60. The van der Waals surface area contributed by atoms with Crippen molar-refractivity contribution in [2.45, 2.75) is 13.0 Å². The fraction of sp³-hybridized carbons (Fsp3) is 0.222. The zero-order valence-electron chi connectivity index (χ0n) is 13.8. The third-order valence-corrected chi connectivity index (χ3v) is 3.75. The van der Waals surface area contributed by atoms with Crippen LogP contribution in [0.5, 0.6) is 0 Å². The minimum absolute atomic E-state index is 0.00193. The Morgan fingerprint density at radius 2 is 1.62 bits per heavy atom. The van der Waals surface area contributed by atoms with Gasteiger partial charge in [0, 0.05) is 18.7 Å². The number of rotatable bonds is 7. The molecule has 2 aromatic carbocycles. The first-order valence-electron chi connectivity index (χ1n) is 7.84. The molecule has 0 fully saturated rings. The summed E-state index contributed by atoms with van der Waals surface area (Å²) in [7, 11) is 0. The van der Waals surface area contributed by atoms with Gasteiger partial charge < -0.3 is 16.4 Å². The highest BCUT2D eigenvalue weighted by Crippen LogP contribution is 2.10. The number of hydrogen-bond acceptors (Lipinski definition) is 2. The molecule has 1 unspecified atom stereocenters. The van der Waals surface area contributed by atoms with Crippen LogP contribution in [0.15, 0.2) is 42.5 Å². The van der Waals surface area contributed by atoms with Gasteiger partial charge >= 0.3 is 6.03 Å². The molecule has 0 aromatic heterocycles. The topological polar surface area (TPSA) is 84.2 Å². The van der Waals surface area contributed by atoms with Crippen LogP contribution in [0.3, 0.4) is 0 Å². The molecule has 4 N–H and O–H groups in total. The number of halogens is 3. The van der Waals surface area contributed by atoms with E-state index in [-0.39, 0.29) is 25.1 Å². The van der Waals surface area contributed by atoms with Crippen LogP contribution in [-0.4, -0.2) is 18.5 Å². The molecule has 0 saturated heterocycles. The van der Waals surface area contributed by atoms with Crippen molar-refractivity contribution in [2.75, 3.05) is 6.54 Å². The molecule has 0 spiro atoms. The van der Waals surface area contributed by atoms with Gasteiger partial charge in [-0.15, -0.1) is 0 Å². The molecule has 0 heterocycles. The normalized spacial score (nSPS) is 11.7. The average molecular weight is 365 g/mol. The van der Waals surface area contributed by atoms with E-state index < -0.39 is 35.3 Å². The lowest BCUT2D eigenvalue weighted by Crippen LogP contribution is -2.41. The number of amides is 3. The van der Waals surface area contributed by atoms with Crippen molar-refractivity contribution in [3.05, 3.63) is 71.0 Å². The van der Waals surface area contributed by atoms with Crippen LogP contribution in [0.25, 0.3) is 0 Å². The van der Waals surface area contributed by atoms with E-state index in [1.54, 1.807) is 0 Å². The molecular weight excluding hydrogens is 347 g/mol. The van der Waals surface area contributed by atoms with Gasteiger partial charge in [-0.05, 0) is 42.3 Å². The fourth-order valence-electron chi connectivity index (χ4n) is 2.31. The second kappa shape index (κ2) is 8.89. The van der Waals surface area contributed by atoms with Gasteiger partial charge in [0.05, 0.1) is 5.92 Å². The Morgan fingerprint density at radius 1 is 0.962 bits per heavy atom. The first kappa shape index (κ1) is 19.3. The zero-order chi connectivity index (χ0) is 19.1. The predicted octanol–water partition coefficient (Wildman–Crippen LogP) is 2.25. The van der Waals surface area contributed by atoms with Crippen LogP contribution >= 0.6 is 0 Å². The summed E-state index contributed by atoms with van der Waals surface area (Å²) >= 11 is 0. The Bertz CT molecular complexity index is 782. The Hall–Kier alpha value is -3.03. The smallest absolute Gasteiger partial charge is 0.315 e. The van der Waals surface area contributed by atoms with E-state index >= 15 is 0 Å². The first-order valence-corrected chi connectivity index (χ1v) is 7.84. The number of hydrogen-bond donors (Lipinski definition) is 3. The predicted molar refractivity (Wildman–Crippen MR) is 89.4 cm³/mol. The Morgan fingerprint density at radius 3 is 2.27 bits per heavy atom. The van der Waals surface area contributed by atoms with Crippen molar-refractivity contribution < 1.29 is 22.8 Å². The molecule has 2 aromatic rings. The molecule has 5 nitrogen and oxygen atoms in total. The SMILES string of the molecule is NC(=O)C(CNC(=O)NCc1cc(F)ccc1F)Cc1ccc(F)cc1. The van der Waals surface area contributed by atoms with Gasteiger partial charge in [0.1, 0.15) is 17.5 Å². The van der Waals surface area contributed by atoms with Crippen LogP contribution in [0.4, 0.5) is 18.0 Å². The van der Waals surface area contributed by atoms with E-state index in [0.29, 0.717) is 5.56 Å². The summed E-state index contributed by atoms with van der Waals surface area (Å²) in [5, 5.41) is 4.83. The van der Waals surface area contributed by atoms with Gasteiger partial charge in [0.15, 0.2) is 0 Å². The molecule has 26 heavy (non-hydrogen) atoms. The van der Waals surface area contributed by atoms with E-state index in [4.69, 9.17) is 5.73 Å². The van der Waals surface area contributed by atoms with Gasteiger partial charge in [-0.25, -0.2) is 18.0 Å². The van der Waals surface area contributed by atoms with Crippen molar-refractivity contribution in [1.82, 2.24) is 10.6 Å². The summed E-state index contributed by atoms with van der Waals surface area (Å²) in [5.74, 6) is -2.97. The molecule has 8 heteroatoms. The maximum atomic E-state index is 13.5. The summed E-state index contributed by atoms with van der Waals surface area (Å²) in [6.45, 7) is -0.265. The van der Waals surface area contributed by atoms with Crippen LogP contribution in [-0.2, 0) is 17.8 Å². The standard InChI is InChI=1S/C18H18F3N3O2/c19-14-3-1-11(2-4-14)7-13(17(22)25)10-24-18(26)23-9-12-8-15(20)5-6-16(12)21/h1-6,8,13H,7,9-10H2,(H2,22,25)(H2,23,24,26). The van der Waals surface area contributed by atoms with Crippen molar-refractivity contribution in [2.24, 2.45) is 11.7 Å². The second-order valence-electron chi connectivity index (χ2n) is 5.73. The highest BCUT2D eigenvalue weighted by molar-refractivity contribution is 5.79. The Balaban J connectivity index is 1.85. The van der Waals surface area contributed by atoms with Gasteiger partial charge in [-0.3, -0.25) is 4.79 Å². The molecule has 0 radical (unpaired) electrons. The maximum Gasteiger partial charge on any atom is 0.315 e. The van der Waals surface area contributed by atoms with E-state index in [0.717, 1.165) is 18.2 Å². The lowest BCUT2D eigenvalue weighted by atomic mass is 9.98. The van der Waals surface area contributed by atoms with Gasteiger partial charge in [0.25, 0.3) is 0 Å². The summed E-state index contributed by atoms with van der Waals surface area (Å²) < 4.78 is 39.5. The number of nitrogens with one attached hydrogen (secondary N) is 2. The largest absolute Gasteiger partial charge is 0.369 e. The second-order valence-corrected chi connectivity index (χ2v) is 5.73. The van der Waals surface area contributed by atoms with E-state index in [2.05, 4.69) is 10.6 Å². The molecule has 138 valence electrons. The monoisotopic (exact) mass is 365 g/mol. The van der Waals surface area contributed by atoms with Crippen LogP contribution < -0.4 is 16.4 Å². The highest BCUT2D eigenvalue weighted by Gasteiger charge is 2.17. The number of primary amides is 1. The minimum Gasteiger partial charge on any atom is -0.369 e. The number of nitrogens with two attached hydrogens (primary N) is 1. The van der Waals surface area contributed by atoms with E-state index in [1.165, 1.54) is 24.3 Å². The Kier molecular flexibility index (Phi) is 6.60. The summed E-state index contributed by atoms with van der Waals surface area (Å²) in [6.07, 6.45) is 0.231. The molecular formula is C18H18F3N3O2. The van der Waals surface area contributed by atoms with Crippen LogP contribution in [0, 0.1) is 23.4 Å². The van der Waals surface area contributed by atoms with Gasteiger partial charge in [0.2, 0.25) is 5.91 Å². The summed E-state index contributed by atoms with van der Waals surface area (Å²) in [6, 6.07) is 7.86. The number of urea groups is 1. The van der Waals surface area contributed by atoms with Crippen molar-refractivity contribution in [3.8, 4) is 0 Å². The Labute approximate surface area is 148 Å². The van der Waals surface area contributed by atoms with Crippen LogP contribution in [0.1, 0.15) is 11.1 Å². The quantitative estimate of drug-likeness (QED) is 0.703.